The number of aliphatic carboxylic acids is 1. The second kappa shape index (κ2) is 5.07. The van der Waals surface area contributed by atoms with Crippen LogP contribution in [-0.2, 0) is 10.3 Å². The largest absolute Gasteiger partial charge is 0.479 e. The first kappa shape index (κ1) is 13.0. The number of hydrogen-bond donors (Lipinski definition) is 2. The molecule has 0 fully saturated rings. The zero-order chi connectivity index (χ0) is 13.2. The Kier molecular flexibility index (Phi) is 3.68. The van der Waals surface area contributed by atoms with E-state index in [9.17, 15) is 9.90 Å². The van der Waals surface area contributed by atoms with Gasteiger partial charge in [0.1, 0.15) is 5.01 Å². The summed E-state index contributed by atoms with van der Waals surface area (Å²) < 4.78 is 0.888. The van der Waals surface area contributed by atoms with E-state index in [0.29, 0.717) is 5.01 Å². The van der Waals surface area contributed by atoms with Crippen molar-refractivity contribution in [3.05, 3.63) is 45.3 Å². The van der Waals surface area contributed by atoms with E-state index in [1.54, 1.807) is 18.5 Å². The van der Waals surface area contributed by atoms with Gasteiger partial charge in [-0.3, -0.25) is 0 Å². The van der Waals surface area contributed by atoms with Crippen molar-refractivity contribution in [2.75, 3.05) is 5.32 Å². The van der Waals surface area contributed by atoms with E-state index in [2.05, 4.69) is 26.2 Å². The van der Waals surface area contributed by atoms with Crippen molar-refractivity contribution >= 4 is 38.9 Å². The van der Waals surface area contributed by atoms with Crippen molar-refractivity contribution in [1.29, 1.82) is 0 Å². The molecule has 1 aromatic heterocycles. The molecule has 0 amide bonds. The average molecular weight is 327 g/mol. The number of hydrogen-bond acceptors (Lipinski definition) is 4. The molecule has 6 heteroatoms. The fraction of sp³-hybridized carbons (Fsp3) is 0.167. The maximum atomic E-state index is 11.5. The number of carboxylic acid groups (broad SMARTS) is 1. The molecule has 0 bridgehead atoms. The van der Waals surface area contributed by atoms with Crippen LogP contribution in [0.2, 0.25) is 0 Å². The van der Waals surface area contributed by atoms with Crippen LogP contribution in [0.25, 0.3) is 0 Å². The zero-order valence-corrected chi connectivity index (χ0v) is 12.0. The molecule has 0 saturated carbocycles. The lowest BCUT2D eigenvalue weighted by molar-refractivity contribution is -0.142. The lowest BCUT2D eigenvalue weighted by Gasteiger charge is -2.25. The van der Waals surface area contributed by atoms with Crippen molar-refractivity contribution in [1.82, 2.24) is 4.98 Å². The minimum atomic E-state index is -1.23. The van der Waals surface area contributed by atoms with E-state index < -0.39 is 11.5 Å². The van der Waals surface area contributed by atoms with E-state index >= 15 is 0 Å². The van der Waals surface area contributed by atoms with Gasteiger partial charge in [0, 0.05) is 21.7 Å². The Labute approximate surface area is 117 Å². The molecule has 94 valence electrons. The molecule has 0 aliphatic heterocycles. The van der Waals surface area contributed by atoms with Crippen LogP contribution < -0.4 is 5.32 Å². The van der Waals surface area contributed by atoms with E-state index in [1.807, 2.05) is 24.3 Å². The van der Waals surface area contributed by atoms with E-state index in [1.165, 1.54) is 11.3 Å². The standard InChI is InChI=1S/C12H11BrN2O2S/c1-12(11(16)17,10-14-5-6-18-10)15-9-4-2-3-8(13)7-9/h2-7,15H,1H3,(H,16,17). The number of carboxylic acids is 1. The maximum absolute atomic E-state index is 11.5. The Bertz CT molecular complexity index is 559. The van der Waals surface area contributed by atoms with Crippen LogP contribution in [0.1, 0.15) is 11.9 Å². The minimum absolute atomic E-state index is 0.523. The molecule has 18 heavy (non-hydrogen) atoms. The molecule has 1 aromatic carbocycles. The van der Waals surface area contributed by atoms with Gasteiger partial charge in [-0.1, -0.05) is 22.0 Å². The summed E-state index contributed by atoms with van der Waals surface area (Å²) in [6.45, 7) is 1.61. The third-order valence-electron chi connectivity index (χ3n) is 2.51. The average Bonchev–Trinajstić information content (AvgIpc) is 2.82. The molecule has 0 aliphatic rings. The predicted molar refractivity (Wildman–Crippen MR) is 74.9 cm³/mol. The lowest BCUT2D eigenvalue weighted by Crippen LogP contribution is -2.40. The van der Waals surface area contributed by atoms with E-state index in [-0.39, 0.29) is 0 Å². The van der Waals surface area contributed by atoms with Gasteiger partial charge >= 0.3 is 5.97 Å². The minimum Gasteiger partial charge on any atom is -0.479 e. The highest BCUT2D eigenvalue weighted by Gasteiger charge is 2.37. The van der Waals surface area contributed by atoms with Gasteiger partial charge in [-0.05, 0) is 25.1 Å². The van der Waals surface area contributed by atoms with Crippen molar-refractivity contribution in [2.24, 2.45) is 0 Å². The molecule has 2 aromatic rings. The zero-order valence-electron chi connectivity index (χ0n) is 9.55. The van der Waals surface area contributed by atoms with Crippen LogP contribution in [0.15, 0.2) is 40.3 Å². The van der Waals surface area contributed by atoms with Crippen LogP contribution in [0.5, 0.6) is 0 Å². The number of rotatable bonds is 4. The number of halogens is 1. The van der Waals surface area contributed by atoms with Gasteiger partial charge in [0.25, 0.3) is 0 Å². The highest BCUT2D eigenvalue weighted by Crippen LogP contribution is 2.29. The molecule has 2 rings (SSSR count). The molecule has 1 atom stereocenters. The quantitative estimate of drug-likeness (QED) is 0.904. The number of nitrogens with one attached hydrogen (secondary N) is 1. The van der Waals surface area contributed by atoms with Gasteiger partial charge < -0.3 is 10.4 Å². The summed E-state index contributed by atoms with van der Waals surface area (Å²) in [5.74, 6) is -0.961. The van der Waals surface area contributed by atoms with Crippen molar-refractivity contribution < 1.29 is 9.90 Å². The maximum Gasteiger partial charge on any atom is 0.336 e. The van der Waals surface area contributed by atoms with E-state index in [4.69, 9.17) is 0 Å². The molecule has 1 heterocycles. The molecule has 2 N–H and O–H groups in total. The summed E-state index contributed by atoms with van der Waals surface area (Å²) in [6.07, 6.45) is 1.60. The van der Waals surface area contributed by atoms with Gasteiger partial charge in [-0.15, -0.1) is 11.3 Å². The second-order valence-corrected chi connectivity index (χ2v) is 5.71. The highest BCUT2D eigenvalue weighted by atomic mass is 79.9. The van der Waals surface area contributed by atoms with Crippen LogP contribution in [0, 0.1) is 0 Å². The molecule has 0 radical (unpaired) electrons. The van der Waals surface area contributed by atoms with Crippen LogP contribution in [0.3, 0.4) is 0 Å². The van der Waals surface area contributed by atoms with Gasteiger partial charge in [-0.2, -0.15) is 0 Å². The lowest BCUT2D eigenvalue weighted by atomic mass is 10.0. The smallest absolute Gasteiger partial charge is 0.336 e. The number of nitrogens with zero attached hydrogens (tertiary/aromatic N) is 1. The van der Waals surface area contributed by atoms with Crippen LogP contribution in [0.4, 0.5) is 5.69 Å². The normalized spacial score (nSPS) is 13.9. The van der Waals surface area contributed by atoms with Gasteiger partial charge in [0.2, 0.25) is 0 Å². The number of benzene rings is 1. The fourth-order valence-electron chi connectivity index (χ4n) is 1.52. The Hall–Kier alpha value is -1.40. The number of thiazole rings is 1. The molecule has 0 saturated heterocycles. The Morgan fingerprint density at radius 2 is 2.33 bits per heavy atom. The van der Waals surface area contributed by atoms with E-state index in [0.717, 1.165) is 10.2 Å². The first-order chi connectivity index (χ1) is 8.52. The van der Waals surface area contributed by atoms with Crippen LogP contribution in [-0.4, -0.2) is 16.1 Å². The van der Waals surface area contributed by atoms with Gasteiger partial charge in [-0.25, -0.2) is 9.78 Å². The van der Waals surface area contributed by atoms with Crippen molar-refractivity contribution in [2.45, 2.75) is 12.5 Å². The van der Waals surface area contributed by atoms with Crippen LogP contribution >= 0.6 is 27.3 Å². The summed E-state index contributed by atoms with van der Waals surface area (Å²) in [4.78, 5) is 15.6. The molecular weight excluding hydrogens is 316 g/mol. The monoisotopic (exact) mass is 326 g/mol. The second-order valence-electron chi connectivity index (χ2n) is 3.90. The summed E-state index contributed by atoms with van der Waals surface area (Å²) in [5, 5.41) is 14.7. The first-order valence-electron chi connectivity index (χ1n) is 5.19. The Balaban J connectivity index is 2.36. The summed E-state index contributed by atoms with van der Waals surface area (Å²) in [5.41, 5.74) is -0.501. The Morgan fingerprint density at radius 1 is 1.56 bits per heavy atom. The van der Waals surface area contributed by atoms with Gasteiger partial charge in [0.15, 0.2) is 5.54 Å². The highest BCUT2D eigenvalue weighted by molar-refractivity contribution is 9.10. The first-order valence-corrected chi connectivity index (χ1v) is 6.87. The Morgan fingerprint density at radius 3 is 2.89 bits per heavy atom. The third-order valence-corrected chi connectivity index (χ3v) is 3.99. The summed E-state index contributed by atoms with van der Waals surface area (Å²) >= 11 is 4.67. The molecule has 0 aliphatic carbocycles. The van der Waals surface area contributed by atoms with Crippen molar-refractivity contribution in [3.8, 4) is 0 Å². The topological polar surface area (TPSA) is 62.2 Å². The van der Waals surface area contributed by atoms with Gasteiger partial charge in [0.05, 0.1) is 0 Å². The number of anilines is 1. The molecule has 0 spiro atoms. The molecule has 4 nitrogen and oxygen atoms in total. The number of carbonyl (C=O) groups is 1. The molecule has 1 unspecified atom stereocenters. The van der Waals surface area contributed by atoms with Crippen molar-refractivity contribution in [3.63, 3.8) is 0 Å². The SMILES string of the molecule is CC(Nc1cccc(Br)c1)(C(=O)O)c1nccs1. The summed E-state index contributed by atoms with van der Waals surface area (Å²) in [6, 6.07) is 7.37. The third kappa shape index (κ3) is 2.54. The summed E-state index contributed by atoms with van der Waals surface area (Å²) in [7, 11) is 0. The predicted octanol–water partition coefficient (Wildman–Crippen LogP) is 3.32. The fourth-order valence-corrected chi connectivity index (χ4v) is 2.67. The number of aromatic nitrogens is 1. The molecular formula is C12H11BrN2O2S.